The first-order chi connectivity index (χ1) is 15.7. The largest absolute Gasteiger partial charge is 0.455 e. The smallest absolute Gasteiger partial charge is 0.324 e. The minimum atomic E-state index is -0.444. The van der Waals surface area contributed by atoms with Gasteiger partial charge in [-0.2, -0.15) is 0 Å². The van der Waals surface area contributed by atoms with Gasteiger partial charge in [-0.15, -0.1) is 11.8 Å². The number of pyridine rings is 1. The van der Waals surface area contributed by atoms with Gasteiger partial charge in [0.2, 0.25) is 0 Å². The number of benzene rings is 1. The number of aromatic amines is 1. The van der Waals surface area contributed by atoms with Crippen LogP contribution in [0, 0.1) is 0 Å². The summed E-state index contributed by atoms with van der Waals surface area (Å²) in [6, 6.07) is 8.18. The molecule has 0 aliphatic heterocycles. The minimum Gasteiger partial charge on any atom is -0.455 e. The van der Waals surface area contributed by atoms with Crippen molar-refractivity contribution in [1.82, 2.24) is 20.1 Å². The van der Waals surface area contributed by atoms with Gasteiger partial charge in [-0.05, 0) is 24.5 Å². The number of carbonyl (C=O) groups is 1. The topological polar surface area (TPSA) is 135 Å². The molecule has 2 amide bonds. The van der Waals surface area contributed by atoms with Crippen molar-refractivity contribution in [2.24, 2.45) is 0 Å². The van der Waals surface area contributed by atoms with E-state index in [9.17, 15) is 9.59 Å². The summed E-state index contributed by atoms with van der Waals surface area (Å²) in [5.74, 6) is 1.99. The molecular weight excluding hydrogens is 444 g/mol. The molecule has 4 rings (SSSR count). The molecule has 0 atom stereocenters. The highest BCUT2D eigenvalue weighted by Gasteiger charge is 2.20. The minimum absolute atomic E-state index is 0.212. The van der Waals surface area contributed by atoms with Crippen LogP contribution in [0.15, 0.2) is 56.9 Å². The maximum Gasteiger partial charge on any atom is 0.324 e. The van der Waals surface area contributed by atoms with E-state index in [2.05, 4.69) is 30.7 Å². The van der Waals surface area contributed by atoms with Gasteiger partial charge >= 0.3 is 6.03 Å². The zero-order chi connectivity index (χ0) is 23.6. The van der Waals surface area contributed by atoms with Crippen molar-refractivity contribution >= 4 is 40.5 Å². The van der Waals surface area contributed by atoms with Crippen molar-refractivity contribution in [3.05, 3.63) is 58.8 Å². The summed E-state index contributed by atoms with van der Waals surface area (Å²) in [5.41, 5.74) is 0.824. The molecule has 3 heterocycles. The standard InChI is InChI=1S/C22H22N6O4S/c1-22(2,3)16-10-17(28-32-16)26-21(30)25-13-6-5-12(9-15(13)33-4)31-14-7-8-23-20-19(14)24-11-18(29)27-20/h5-11H,1-4H3,(H,23,27,29)(H2,25,26,28,30). The Morgan fingerprint density at radius 2 is 1.97 bits per heavy atom. The number of amides is 2. The van der Waals surface area contributed by atoms with E-state index in [0.29, 0.717) is 39.9 Å². The van der Waals surface area contributed by atoms with E-state index < -0.39 is 6.03 Å². The van der Waals surface area contributed by atoms with Crippen molar-refractivity contribution in [3.8, 4) is 11.5 Å². The lowest BCUT2D eigenvalue weighted by Gasteiger charge is -2.13. The SMILES string of the molecule is CSc1cc(Oc2ccnc3[nH]c(=O)cnc23)ccc1NC(=O)Nc1cc(C(C)(C)C)on1. The highest BCUT2D eigenvalue weighted by molar-refractivity contribution is 7.98. The van der Waals surface area contributed by atoms with Crippen LogP contribution >= 0.6 is 11.8 Å². The lowest BCUT2D eigenvalue weighted by Crippen LogP contribution is -2.20. The van der Waals surface area contributed by atoms with Crippen molar-refractivity contribution < 1.29 is 14.1 Å². The van der Waals surface area contributed by atoms with Crippen molar-refractivity contribution in [1.29, 1.82) is 0 Å². The average molecular weight is 467 g/mol. The predicted molar refractivity (Wildman–Crippen MR) is 126 cm³/mol. The fourth-order valence-corrected chi connectivity index (χ4v) is 3.50. The number of ether oxygens (including phenoxy) is 1. The zero-order valence-electron chi connectivity index (χ0n) is 18.4. The Balaban J connectivity index is 1.50. The molecule has 4 aromatic rings. The molecule has 10 nitrogen and oxygen atoms in total. The Morgan fingerprint density at radius 3 is 2.70 bits per heavy atom. The molecule has 0 unspecified atom stereocenters. The van der Waals surface area contributed by atoms with Crippen molar-refractivity contribution in [3.63, 3.8) is 0 Å². The van der Waals surface area contributed by atoms with Gasteiger partial charge in [-0.25, -0.2) is 14.8 Å². The van der Waals surface area contributed by atoms with Crippen LogP contribution in [0.1, 0.15) is 26.5 Å². The molecule has 0 radical (unpaired) electrons. The molecule has 11 heteroatoms. The Bertz CT molecular complexity index is 1380. The summed E-state index contributed by atoms with van der Waals surface area (Å²) >= 11 is 1.45. The van der Waals surface area contributed by atoms with Crippen LogP contribution in [-0.2, 0) is 5.41 Å². The van der Waals surface area contributed by atoms with Gasteiger partial charge in [0, 0.05) is 28.6 Å². The number of hydrogen-bond donors (Lipinski definition) is 3. The second-order valence-electron chi connectivity index (χ2n) is 8.12. The summed E-state index contributed by atoms with van der Waals surface area (Å²) in [6.45, 7) is 5.99. The molecule has 0 bridgehead atoms. The van der Waals surface area contributed by atoms with E-state index in [0.717, 1.165) is 4.90 Å². The van der Waals surface area contributed by atoms with Crippen LogP contribution in [-0.4, -0.2) is 32.4 Å². The van der Waals surface area contributed by atoms with Crippen LogP contribution in [0.25, 0.3) is 11.2 Å². The van der Waals surface area contributed by atoms with Gasteiger partial charge in [0.1, 0.15) is 17.0 Å². The van der Waals surface area contributed by atoms with Crippen molar-refractivity contribution in [2.75, 3.05) is 16.9 Å². The number of H-pyrrole nitrogens is 1. The first-order valence-corrected chi connectivity index (χ1v) is 11.2. The Labute approximate surface area is 193 Å². The summed E-state index contributed by atoms with van der Waals surface area (Å²) in [5, 5.41) is 9.38. The van der Waals surface area contributed by atoms with Gasteiger partial charge in [-0.1, -0.05) is 25.9 Å². The van der Waals surface area contributed by atoms with E-state index in [1.54, 1.807) is 30.3 Å². The quantitative estimate of drug-likeness (QED) is 0.358. The molecule has 33 heavy (non-hydrogen) atoms. The number of thioether (sulfide) groups is 1. The highest BCUT2D eigenvalue weighted by Crippen LogP contribution is 2.33. The third-order valence-corrected chi connectivity index (χ3v) is 5.36. The monoisotopic (exact) mass is 466 g/mol. The number of rotatable bonds is 5. The van der Waals surface area contributed by atoms with E-state index in [-0.39, 0.29) is 11.0 Å². The summed E-state index contributed by atoms with van der Waals surface area (Å²) in [7, 11) is 0. The van der Waals surface area contributed by atoms with Crippen LogP contribution in [0.5, 0.6) is 11.5 Å². The first-order valence-electron chi connectivity index (χ1n) is 9.98. The molecule has 0 aliphatic rings. The third kappa shape index (κ3) is 5.14. The highest BCUT2D eigenvalue weighted by atomic mass is 32.2. The number of hydrogen-bond acceptors (Lipinski definition) is 8. The molecule has 0 saturated heterocycles. The molecule has 0 saturated carbocycles. The van der Waals surface area contributed by atoms with Gasteiger partial charge in [0.15, 0.2) is 17.2 Å². The maximum atomic E-state index is 12.5. The number of urea groups is 1. The summed E-state index contributed by atoms with van der Waals surface area (Å²) in [6.07, 6.45) is 4.60. The van der Waals surface area contributed by atoms with E-state index in [1.807, 2.05) is 27.0 Å². The second-order valence-corrected chi connectivity index (χ2v) is 8.97. The van der Waals surface area contributed by atoms with E-state index in [1.165, 1.54) is 24.2 Å². The third-order valence-electron chi connectivity index (χ3n) is 4.58. The second kappa shape index (κ2) is 8.94. The number of carbonyl (C=O) groups excluding carboxylic acids is 1. The zero-order valence-corrected chi connectivity index (χ0v) is 19.2. The molecule has 0 spiro atoms. The fourth-order valence-electron chi connectivity index (χ4n) is 2.93. The van der Waals surface area contributed by atoms with Gasteiger partial charge in [0.25, 0.3) is 5.56 Å². The molecular formula is C22H22N6O4S. The molecule has 0 fully saturated rings. The van der Waals surface area contributed by atoms with Crippen LogP contribution < -0.4 is 20.9 Å². The van der Waals surface area contributed by atoms with Crippen LogP contribution in [0.4, 0.5) is 16.3 Å². The fraction of sp³-hybridized carbons (Fsp3) is 0.227. The van der Waals surface area contributed by atoms with E-state index in [4.69, 9.17) is 9.26 Å². The summed E-state index contributed by atoms with van der Waals surface area (Å²) in [4.78, 5) is 35.6. The number of nitrogens with zero attached hydrogens (tertiary/aromatic N) is 3. The van der Waals surface area contributed by atoms with Gasteiger partial charge < -0.3 is 19.6 Å². The van der Waals surface area contributed by atoms with Crippen molar-refractivity contribution in [2.45, 2.75) is 31.1 Å². The molecule has 0 aliphatic carbocycles. The molecule has 1 aromatic carbocycles. The number of fused-ring (bicyclic) bond motifs is 1. The van der Waals surface area contributed by atoms with E-state index >= 15 is 0 Å². The normalized spacial score (nSPS) is 11.4. The van der Waals surface area contributed by atoms with Gasteiger partial charge in [0.05, 0.1) is 11.9 Å². The lowest BCUT2D eigenvalue weighted by atomic mass is 9.93. The maximum absolute atomic E-state index is 12.5. The molecule has 170 valence electrons. The first kappa shape index (κ1) is 22.3. The van der Waals surface area contributed by atoms with Crippen LogP contribution in [0.2, 0.25) is 0 Å². The summed E-state index contributed by atoms with van der Waals surface area (Å²) < 4.78 is 11.3. The molecule has 3 N–H and O–H groups in total. The Morgan fingerprint density at radius 1 is 1.15 bits per heavy atom. The number of anilines is 2. The number of aromatic nitrogens is 4. The lowest BCUT2D eigenvalue weighted by molar-refractivity contribution is 0.261. The van der Waals surface area contributed by atoms with Crippen LogP contribution in [0.3, 0.4) is 0 Å². The average Bonchev–Trinajstić information content (AvgIpc) is 3.23. The Hall–Kier alpha value is -3.86. The Kier molecular flexibility index (Phi) is 6.05. The molecule has 3 aromatic heterocycles. The number of nitrogens with one attached hydrogen (secondary N) is 3. The van der Waals surface area contributed by atoms with Gasteiger partial charge in [-0.3, -0.25) is 10.1 Å². The predicted octanol–water partition coefficient (Wildman–Crippen LogP) is 4.76.